The normalized spacial score (nSPS) is 16.3. The molecule has 0 aromatic heterocycles. The quantitative estimate of drug-likeness (QED) is 0.809. The summed E-state index contributed by atoms with van der Waals surface area (Å²) in [4.78, 5) is 14.3. The van der Waals surface area contributed by atoms with E-state index in [1.165, 1.54) is 32.1 Å². The number of nitrogens with zero attached hydrogens (tertiary/aromatic N) is 1. The zero-order chi connectivity index (χ0) is 14.2. The number of carbonyl (C=O) groups excluding carboxylic acids is 1. The molecule has 1 saturated carbocycles. The number of benzene rings is 1. The van der Waals surface area contributed by atoms with Gasteiger partial charge in [-0.15, -0.1) is 0 Å². The Labute approximate surface area is 122 Å². The molecular weight excluding hydrogens is 248 g/mol. The van der Waals surface area contributed by atoms with Gasteiger partial charge in [-0.25, -0.2) is 0 Å². The van der Waals surface area contributed by atoms with Crippen LogP contribution in [-0.4, -0.2) is 37.0 Å². The van der Waals surface area contributed by atoms with E-state index in [-0.39, 0.29) is 5.91 Å². The van der Waals surface area contributed by atoms with Gasteiger partial charge in [-0.1, -0.05) is 37.5 Å². The number of nitrogens with one attached hydrogen (secondary N) is 1. The fourth-order valence-corrected chi connectivity index (χ4v) is 2.93. The summed E-state index contributed by atoms with van der Waals surface area (Å²) in [5, 5.41) is 2.99. The fraction of sp³-hybridized carbons (Fsp3) is 0.588. The first-order valence-corrected chi connectivity index (χ1v) is 7.81. The summed E-state index contributed by atoms with van der Waals surface area (Å²) in [5.74, 6) is 0.0333. The lowest BCUT2D eigenvalue weighted by Crippen LogP contribution is -2.35. The Kier molecular flexibility index (Phi) is 6.06. The number of hydrogen-bond acceptors (Lipinski definition) is 2. The van der Waals surface area contributed by atoms with E-state index in [0.717, 1.165) is 31.1 Å². The van der Waals surface area contributed by atoms with Crippen LogP contribution in [0.5, 0.6) is 0 Å². The molecule has 3 heteroatoms. The molecule has 0 aliphatic heterocycles. The number of hydrogen-bond donors (Lipinski definition) is 1. The van der Waals surface area contributed by atoms with Crippen LogP contribution in [0.15, 0.2) is 30.3 Å². The first-order valence-electron chi connectivity index (χ1n) is 7.81. The lowest BCUT2D eigenvalue weighted by molar-refractivity contribution is 0.0950. The molecule has 0 spiro atoms. The van der Waals surface area contributed by atoms with E-state index < -0.39 is 0 Å². The van der Waals surface area contributed by atoms with E-state index in [1.807, 2.05) is 30.3 Å². The predicted octanol–water partition coefficient (Wildman–Crippen LogP) is 3.07. The molecule has 1 aliphatic carbocycles. The maximum absolute atomic E-state index is 11.9. The van der Waals surface area contributed by atoms with Gasteiger partial charge < -0.3 is 10.2 Å². The van der Waals surface area contributed by atoms with Crippen LogP contribution in [0, 0.1) is 0 Å². The van der Waals surface area contributed by atoms with Gasteiger partial charge in [-0.05, 0) is 45.0 Å². The van der Waals surface area contributed by atoms with Crippen molar-refractivity contribution >= 4 is 5.91 Å². The van der Waals surface area contributed by atoms with Crippen molar-refractivity contribution in [1.82, 2.24) is 10.2 Å². The summed E-state index contributed by atoms with van der Waals surface area (Å²) in [6, 6.07) is 10.2. The van der Waals surface area contributed by atoms with Crippen LogP contribution in [-0.2, 0) is 0 Å². The molecule has 1 fully saturated rings. The van der Waals surface area contributed by atoms with Crippen LogP contribution in [0.25, 0.3) is 0 Å². The highest BCUT2D eigenvalue weighted by atomic mass is 16.1. The lowest BCUT2D eigenvalue weighted by atomic mass is 9.94. The van der Waals surface area contributed by atoms with Gasteiger partial charge in [-0.3, -0.25) is 4.79 Å². The zero-order valence-corrected chi connectivity index (χ0v) is 12.5. The van der Waals surface area contributed by atoms with E-state index in [2.05, 4.69) is 17.3 Å². The molecule has 0 unspecified atom stereocenters. The summed E-state index contributed by atoms with van der Waals surface area (Å²) in [6.07, 6.45) is 7.85. The highest BCUT2D eigenvalue weighted by Crippen LogP contribution is 2.21. The summed E-state index contributed by atoms with van der Waals surface area (Å²) >= 11 is 0. The minimum atomic E-state index is 0.0333. The van der Waals surface area contributed by atoms with Crippen LogP contribution in [0.3, 0.4) is 0 Å². The third-order valence-electron chi connectivity index (χ3n) is 4.21. The Morgan fingerprint density at radius 3 is 2.60 bits per heavy atom. The van der Waals surface area contributed by atoms with Gasteiger partial charge in [0.15, 0.2) is 0 Å². The fourth-order valence-electron chi connectivity index (χ4n) is 2.93. The van der Waals surface area contributed by atoms with Crippen molar-refractivity contribution < 1.29 is 4.79 Å². The second kappa shape index (κ2) is 8.05. The molecule has 110 valence electrons. The number of carbonyl (C=O) groups is 1. The zero-order valence-electron chi connectivity index (χ0n) is 12.5. The first-order chi connectivity index (χ1) is 9.77. The van der Waals surface area contributed by atoms with Crippen molar-refractivity contribution in [3.8, 4) is 0 Å². The largest absolute Gasteiger partial charge is 0.352 e. The molecule has 0 bridgehead atoms. The van der Waals surface area contributed by atoms with E-state index in [1.54, 1.807) is 0 Å². The highest BCUT2D eigenvalue weighted by molar-refractivity contribution is 5.94. The molecule has 3 nitrogen and oxygen atoms in total. The second-order valence-electron chi connectivity index (χ2n) is 5.75. The molecule has 0 saturated heterocycles. The van der Waals surface area contributed by atoms with E-state index in [9.17, 15) is 4.79 Å². The van der Waals surface area contributed by atoms with Crippen molar-refractivity contribution in [1.29, 1.82) is 0 Å². The maximum Gasteiger partial charge on any atom is 0.251 e. The predicted molar refractivity (Wildman–Crippen MR) is 82.9 cm³/mol. The van der Waals surface area contributed by atoms with Crippen LogP contribution < -0.4 is 5.32 Å². The molecule has 1 aromatic rings. The van der Waals surface area contributed by atoms with Gasteiger partial charge in [-0.2, -0.15) is 0 Å². The molecule has 1 aromatic carbocycles. The first kappa shape index (κ1) is 15.0. The Balaban J connectivity index is 1.62. The van der Waals surface area contributed by atoms with Gasteiger partial charge in [0.2, 0.25) is 0 Å². The minimum Gasteiger partial charge on any atom is -0.352 e. The van der Waals surface area contributed by atoms with Gasteiger partial charge >= 0.3 is 0 Å². The number of rotatable bonds is 6. The van der Waals surface area contributed by atoms with Crippen LogP contribution in [0.4, 0.5) is 0 Å². The van der Waals surface area contributed by atoms with Gasteiger partial charge in [0, 0.05) is 18.2 Å². The number of amides is 1. The summed E-state index contributed by atoms with van der Waals surface area (Å²) < 4.78 is 0. The average Bonchev–Trinajstić information content (AvgIpc) is 2.53. The third kappa shape index (κ3) is 4.64. The molecule has 2 rings (SSSR count). The Morgan fingerprint density at radius 1 is 1.20 bits per heavy atom. The maximum atomic E-state index is 11.9. The molecule has 1 aliphatic rings. The molecule has 1 N–H and O–H groups in total. The summed E-state index contributed by atoms with van der Waals surface area (Å²) in [7, 11) is 2.22. The van der Waals surface area contributed by atoms with Crippen molar-refractivity contribution in [2.45, 2.75) is 44.6 Å². The van der Waals surface area contributed by atoms with Crippen LogP contribution in [0.2, 0.25) is 0 Å². The second-order valence-corrected chi connectivity index (χ2v) is 5.75. The smallest absolute Gasteiger partial charge is 0.251 e. The SMILES string of the molecule is CN(CCCNC(=O)c1ccccc1)C1CCCCC1. The molecule has 20 heavy (non-hydrogen) atoms. The third-order valence-corrected chi connectivity index (χ3v) is 4.21. The Morgan fingerprint density at radius 2 is 1.90 bits per heavy atom. The molecule has 0 heterocycles. The summed E-state index contributed by atoms with van der Waals surface area (Å²) in [5.41, 5.74) is 0.744. The van der Waals surface area contributed by atoms with Crippen molar-refractivity contribution in [2.24, 2.45) is 0 Å². The minimum absolute atomic E-state index is 0.0333. The van der Waals surface area contributed by atoms with Crippen molar-refractivity contribution in [3.05, 3.63) is 35.9 Å². The van der Waals surface area contributed by atoms with Crippen molar-refractivity contribution in [2.75, 3.05) is 20.1 Å². The average molecular weight is 274 g/mol. The molecular formula is C17H26N2O. The molecule has 0 atom stereocenters. The molecule has 0 radical (unpaired) electrons. The lowest BCUT2D eigenvalue weighted by Gasteiger charge is -2.31. The van der Waals surface area contributed by atoms with Crippen LogP contribution >= 0.6 is 0 Å². The monoisotopic (exact) mass is 274 g/mol. The summed E-state index contributed by atoms with van der Waals surface area (Å²) in [6.45, 7) is 1.82. The molecule has 1 amide bonds. The standard InChI is InChI=1S/C17H26N2O/c1-19(16-11-6-3-7-12-16)14-8-13-18-17(20)15-9-4-2-5-10-15/h2,4-5,9-10,16H,3,6-8,11-14H2,1H3,(H,18,20). The Hall–Kier alpha value is -1.35. The van der Waals surface area contributed by atoms with Gasteiger partial charge in [0.1, 0.15) is 0 Å². The van der Waals surface area contributed by atoms with Crippen LogP contribution in [0.1, 0.15) is 48.9 Å². The highest BCUT2D eigenvalue weighted by Gasteiger charge is 2.17. The van der Waals surface area contributed by atoms with E-state index in [4.69, 9.17) is 0 Å². The topological polar surface area (TPSA) is 32.3 Å². The van der Waals surface area contributed by atoms with E-state index in [0.29, 0.717) is 0 Å². The van der Waals surface area contributed by atoms with Gasteiger partial charge in [0.25, 0.3) is 5.91 Å². The van der Waals surface area contributed by atoms with E-state index >= 15 is 0 Å². The van der Waals surface area contributed by atoms with Gasteiger partial charge in [0.05, 0.1) is 0 Å². The van der Waals surface area contributed by atoms with Crippen molar-refractivity contribution in [3.63, 3.8) is 0 Å². The Bertz CT molecular complexity index is 399.